The molecular formula is C54H34N2. The van der Waals surface area contributed by atoms with Crippen LogP contribution in [0.2, 0.25) is 0 Å². The molecule has 2 nitrogen and oxygen atoms in total. The van der Waals surface area contributed by atoms with Crippen LogP contribution in [0.5, 0.6) is 0 Å². The standard InChI is InChI=1S/C54H34N2/c1-4-16-35(17-5-1)38-30-31-44-43(32-38)52-42(49-34-39(36-18-6-2-7-19-36)33-48(55-49)37-20-8-3-9-21-37)24-15-26-46(52)54(44)45-25-11-13-29-51(45)56-50-28-12-10-22-40(50)41-23-14-27-47(54)53(41)56/h1-34H. The number of para-hydroxylation sites is 3. The minimum Gasteiger partial charge on any atom is -0.309 e. The third kappa shape index (κ3) is 4.24. The Morgan fingerprint density at radius 2 is 0.964 bits per heavy atom. The maximum Gasteiger partial charge on any atom is 0.0754 e. The lowest BCUT2D eigenvalue weighted by molar-refractivity contribution is 0.748. The van der Waals surface area contributed by atoms with Crippen LogP contribution in [0.3, 0.4) is 0 Å². The summed E-state index contributed by atoms with van der Waals surface area (Å²) in [6.07, 6.45) is 0. The molecular weight excluding hydrogens is 677 g/mol. The zero-order valence-electron chi connectivity index (χ0n) is 30.5. The van der Waals surface area contributed by atoms with E-state index in [9.17, 15) is 0 Å². The van der Waals surface area contributed by atoms with Crippen molar-refractivity contribution in [1.29, 1.82) is 0 Å². The first kappa shape index (κ1) is 31.1. The van der Waals surface area contributed by atoms with Crippen molar-refractivity contribution < 1.29 is 0 Å². The van der Waals surface area contributed by atoms with E-state index in [4.69, 9.17) is 4.98 Å². The van der Waals surface area contributed by atoms with Gasteiger partial charge < -0.3 is 4.57 Å². The van der Waals surface area contributed by atoms with E-state index >= 15 is 0 Å². The molecule has 1 atom stereocenters. The first-order valence-corrected chi connectivity index (χ1v) is 19.4. The smallest absolute Gasteiger partial charge is 0.0754 e. The molecule has 2 aromatic heterocycles. The Balaban J connectivity index is 1.22. The minimum atomic E-state index is -0.560. The van der Waals surface area contributed by atoms with Gasteiger partial charge in [-0.15, -0.1) is 0 Å². The molecule has 0 fully saturated rings. The van der Waals surface area contributed by atoms with Crippen molar-refractivity contribution in [1.82, 2.24) is 9.55 Å². The lowest BCUT2D eigenvalue weighted by atomic mass is 9.65. The van der Waals surface area contributed by atoms with E-state index in [0.29, 0.717) is 0 Å². The zero-order valence-corrected chi connectivity index (χ0v) is 30.5. The molecule has 3 heterocycles. The van der Waals surface area contributed by atoms with E-state index < -0.39 is 5.41 Å². The van der Waals surface area contributed by atoms with Gasteiger partial charge in [-0.3, -0.25) is 0 Å². The summed E-state index contributed by atoms with van der Waals surface area (Å²) in [7, 11) is 0. The van der Waals surface area contributed by atoms with Gasteiger partial charge in [0.2, 0.25) is 0 Å². The van der Waals surface area contributed by atoms with Gasteiger partial charge in [-0.25, -0.2) is 4.98 Å². The van der Waals surface area contributed by atoms with Crippen LogP contribution < -0.4 is 0 Å². The highest BCUT2D eigenvalue weighted by Crippen LogP contribution is 2.62. The van der Waals surface area contributed by atoms with Gasteiger partial charge in [-0.05, 0) is 86.0 Å². The summed E-state index contributed by atoms with van der Waals surface area (Å²) in [5, 5.41) is 2.56. The van der Waals surface area contributed by atoms with Crippen LogP contribution >= 0.6 is 0 Å². The average molecular weight is 711 g/mol. The summed E-state index contributed by atoms with van der Waals surface area (Å²) in [5.74, 6) is 0. The lowest BCUT2D eigenvalue weighted by Gasteiger charge is -2.39. The number of nitrogens with zero attached hydrogens (tertiary/aromatic N) is 2. The van der Waals surface area contributed by atoms with Crippen molar-refractivity contribution in [3.05, 3.63) is 229 Å². The normalized spacial score (nSPS) is 14.9. The molecule has 8 aromatic carbocycles. The number of benzene rings is 8. The van der Waals surface area contributed by atoms with E-state index in [1.165, 1.54) is 77.6 Å². The van der Waals surface area contributed by atoms with Gasteiger partial charge >= 0.3 is 0 Å². The Bertz CT molecular complexity index is 3120. The topological polar surface area (TPSA) is 17.8 Å². The first-order chi connectivity index (χ1) is 27.8. The molecule has 0 radical (unpaired) electrons. The van der Waals surface area contributed by atoms with Crippen LogP contribution in [0.1, 0.15) is 22.3 Å². The van der Waals surface area contributed by atoms with Gasteiger partial charge in [0, 0.05) is 21.9 Å². The van der Waals surface area contributed by atoms with Gasteiger partial charge in [0.25, 0.3) is 0 Å². The van der Waals surface area contributed by atoms with E-state index in [2.05, 4.69) is 211 Å². The fourth-order valence-electron chi connectivity index (χ4n) is 9.91. The zero-order chi connectivity index (χ0) is 36.8. The molecule has 0 N–H and O–H groups in total. The summed E-state index contributed by atoms with van der Waals surface area (Å²) < 4.78 is 2.51. The van der Waals surface area contributed by atoms with Crippen LogP contribution in [0.4, 0.5) is 0 Å². The molecule has 0 saturated carbocycles. The molecule has 12 rings (SSSR count). The Labute approximate surface area is 325 Å². The number of fused-ring (bicyclic) bond motifs is 12. The van der Waals surface area contributed by atoms with E-state index in [0.717, 1.165) is 28.1 Å². The van der Waals surface area contributed by atoms with Gasteiger partial charge in [-0.1, -0.05) is 176 Å². The Kier molecular flexibility index (Phi) is 6.58. The van der Waals surface area contributed by atoms with Crippen LogP contribution in [0.15, 0.2) is 206 Å². The minimum absolute atomic E-state index is 0.560. The second kappa shape index (κ2) is 11.9. The van der Waals surface area contributed by atoms with Gasteiger partial charge in [0.1, 0.15) is 0 Å². The number of hydrogen-bond donors (Lipinski definition) is 0. The number of pyridine rings is 1. The summed E-state index contributed by atoms with van der Waals surface area (Å²) in [6.45, 7) is 0. The van der Waals surface area contributed by atoms with Crippen molar-refractivity contribution in [3.63, 3.8) is 0 Å². The van der Waals surface area contributed by atoms with Crippen LogP contribution in [-0.4, -0.2) is 9.55 Å². The molecule has 1 spiro atoms. The number of aromatic nitrogens is 2. The van der Waals surface area contributed by atoms with Crippen LogP contribution in [0, 0.1) is 0 Å². The summed E-state index contributed by atoms with van der Waals surface area (Å²) in [4.78, 5) is 5.51. The molecule has 1 unspecified atom stereocenters. The van der Waals surface area contributed by atoms with E-state index in [1.54, 1.807) is 0 Å². The van der Waals surface area contributed by atoms with Crippen LogP contribution in [0.25, 0.3) is 83.4 Å². The van der Waals surface area contributed by atoms with Crippen LogP contribution in [-0.2, 0) is 5.41 Å². The quantitative estimate of drug-likeness (QED) is 0.178. The Hall–Kier alpha value is -7.29. The van der Waals surface area contributed by atoms with Gasteiger partial charge in [0.15, 0.2) is 0 Å². The van der Waals surface area contributed by atoms with Gasteiger partial charge in [-0.2, -0.15) is 0 Å². The highest BCUT2D eigenvalue weighted by atomic mass is 15.0. The van der Waals surface area contributed by atoms with Crippen molar-refractivity contribution in [2.24, 2.45) is 0 Å². The second-order valence-corrected chi connectivity index (χ2v) is 15.0. The molecule has 0 bridgehead atoms. The fourth-order valence-corrected chi connectivity index (χ4v) is 9.91. The molecule has 1 aliphatic heterocycles. The molecule has 2 heteroatoms. The maximum absolute atomic E-state index is 5.51. The summed E-state index contributed by atoms with van der Waals surface area (Å²) >= 11 is 0. The van der Waals surface area contributed by atoms with E-state index in [-0.39, 0.29) is 0 Å². The Morgan fingerprint density at radius 3 is 1.77 bits per heavy atom. The molecule has 0 saturated heterocycles. The SMILES string of the molecule is c1ccc(-c2cc(-c3ccccc3)nc(-c3cccc4c3-c3cc(-c5ccccc5)ccc3C43c4ccccc4-n4c5ccccc5c5cccc3c54)c2)cc1. The molecule has 260 valence electrons. The second-order valence-electron chi connectivity index (χ2n) is 15.0. The average Bonchev–Trinajstić information content (AvgIpc) is 3.77. The Morgan fingerprint density at radius 1 is 0.357 bits per heavy atom. The van der Waals surface area contributed by atoms with Crippen molar-refractivity contribution in [3.8, 4) is 61.6 Å². The monoisotopic (exact) mass is 710 g/mol. The molecule has 2 aliphatic rings. The molecule has 56 heavy (non-hydrogen) atoms. The highest BCUT2D eigenvalue weighted by molar-refractivity contribution is 6.13. The maximum atomic E-state index is 5.51. The summed E-state index contributed by atoms with van der Waals surface area (Å²) in [6, 6.07) is 75.6. The third-order valence-electron chi connectivity index (χ3n) is 12.2. The first-order valence-electron chi connectivity index (χ1n) is 19.4. The molecule has 10 aromatic rings. The predicted octanol–water partition coefficient (Wildman–Crippen LogP) is 13.5. The lowest BCUT2D eigenvalue weighted by Crippen LogP contribution is -2.33. The number of rotatable bonds is 4. The highest BCUT2D eigenvalue weighted by Gasteiger charge is 2.51. The largest absolute Gasteiger partial charge is 0.309 e. The van der Waals surface area contributed by atoms with Crippen molar-refractivity contribution in [2.75, 3.05) is 0 Å². The predicted molar refractivity (Wildman–Crippen MR) is 231 cm³/mol. The summed E-state index contributed by atoms with van der Waals surface area (Å²) in [5.41, 5.74) is 19.8. The molecule has 0 amide bonds. The van der Waals surface area contributed by atoms with Crippen molar-refractivity contribution in [2.45, 2.75) is 5.41 Å². The molecule has 1 aliphatic carbocycles. The van der Waals surface area contributed by atoms with Gasteiger partial charge in [0.05, 0.1) is 33.5 Å². The fraction of sp³-hybridized carbons (Fsp3) is 0.0185. The third-order valence-corrected chi connectivity index (χ3v) is 12.2. The number of hydrogen-bond acceptors (Lipinski definition) is 1. The van der Waals surface area contributed by atoms with E-state index in [1.807, 2.05) is 0 Å². The van der Waals surface area contributed by atoms with Crippen molar-refractivity contribution >= 4 is 21.8 Å².